The average Bonchev–Trinajstić information content (AvgIpc) is 2.11. The lowest BCUT2D eigenvalue weighted by Crippen LogP contribution is -2.31. The average molecular weight is 261 g/mol. The minimum absolute atomic E-state index is 0.0780. The van der Waals surface area contributed by atoms with E-state index in [1.807, 2.05) is 13.8 Å². The number of ether oxygens (including phenoxy) is 1. The largest absolute Gasteiger partial charge is 0.505 e. The SMILES string of the molecule is CC1(C)CC(=O)Oc2cc(Cl)c(O)c(Cl)c21. The van der Waals surface area contributed by atoms with Gasteiger partial charge in [-0.25, -0.2) is 0 Å². The summed E-state index contributed by atoms with van der Waals surface area (Å²) >= 11 is 11.8. The molecule has 0 radical (unpaired) electrons. The molecule has 0 aliphatic carbocycles. The Labute approximate surface area is 103 Å². The van der Waals surface area contributed by atoms with E-state index >= 15 is 0 Å². The predicted molar refractivity (Wildman–Crippen MR) is 61.4 cm³/mol. The number of hydrogen-bond donors (Lipinski definition) is 1. The van der Waals surface area contributed by atoms with Gasteiger partial charge in [-0.15, -0.1) is 0 Å². The number of halogens is 2. The lowest BCUT2D eigenvalue weighted by Gasteiger charge is -2.32. The highest BCUT2D eigenvalue weighted by molar-refractivity contribution is 6.38. The molecule has 0 spiro atoms. The van der Waals surface area contributed by atoms with E-state index in [9.17, 15) is 9.90 Å². The Morgan fingerprint density at radius 3 is 2.69 bits per heavy atom. The fraction of sp³-hybridized carbons (Fsp3) is 0.364. The van der Waals surface area contributed by atoms with Crippen molar-refractivity contribution in [2.45, 2.75) is 25.7 Å². The number of fused-ring (bicyclic) bond motifs is 1. The standard InChI is InChI=1S/C11H10Cl2O3/c1-11(2)4-7(14)16-6-3-5(12)10(15)9(13)8(6)11/h3,15H,4H2,1-2H3. The summed E-state index contributed by atoms with van der Waals surface area (Å²) in [4.78, 5) is 11.4. The minimum Gasteiger partial charge on any atom is -0.505 e. The van der Waals surface area contributed by atoms with Crippen molar-refractivity contribution in [3.8, 4) is 11.5 Å². The van der Waals surface area contributed by atoms with Crippen LogP contribution in [-0.4, -0.2) is 11.1 Å². The summed E-state index contributed by atoms with van der Waals surface area (Å²) < 4.78 is 5.07. The van der Waals surface area contributed by atoms with E-state index in [0.717, 1.165) is 0 Å². The van der Waals surface area contributed by atoms with Crippen LogP contribution in [0.15, 0.2) is 6.07 Å². The van der Waals surface area contributed by atoms with Crippen LogP contribution in [0.25, 0.3) is 0 Å². The zero-order valence-electron chi connectivity index (χ0n) is 8.80. The van der Waals surface area contributed by atoms with Crippen molar-refractivity contribution in [3.05, 3.63) is 21.7 Å². The molecule has 0 saturated heterocycles. The molecule has 0 aromatic heterocycles. The number of esters is 1. The Hall–Kier alpha value is -0.930. The van der Waals surface area contributed by atoms with Gasteiger partial charge < -0.3 is 9.84 Å². The molecule has 5 heteroatoms. The van der Waals surface area contributed by atoms with Crippen LogP contribution in [0.5, 0.6) is 11.5 Å². The summed E-state index contributed by atoms with van der Waals surface area (Å²) in [6, 6.07) is 1.41. The molecule has 86 valence electrons. The minimum atomic E-state index is -0.468. The first-order valence-corrected chi connectivity index (χ1v) is 5.50. The highest BCUT2D eigenvalue weighted by Crippen LogP contribution is 2.49. The second-order valence-electron chi connectivity index (χ2n) is 4.43. The van der Waals surface area contributed by atoms with E-state index in [0.29, 0.717) is 11.3 Å². The van der Waals surface area contributed by atoms with Gasteiger partial charge in [0.05, 0.1) is 16.5 Å². The first kappa shape index (κ1) is 11.6. The first-order chi connectivity index (χ1) is 7.33. The number of phenolic OH excluding ortho intramolecular Hbond substituents is 1. The molecule has 0 fully saturated rings. The fourth-order valence-corrected chi connectivity index (χ4v) is 2.60. The summed E-state index contributed by atoms with van der Waals surface area (Å²) in [5.74, 6) is -0.169. The van der Waals surface area contributed by atoms with Crippen molar-refractivity contribution in [3.63, 3.8) is 0 Å². The maximum Gasteiger partial charge on any atom is 0.312 e. The van der Waals surface area contributed by atoms with Crippen molar-refractivity contribution in [1.82, 2.24) is 0 Å². The maximum absolute atomic E-state index is 11.4. The van der Waals surface area contributed by atoms with Crippen molar-refractivity contribution in [2.24, 2.45) is 0 Å². The summed E-state index contributed by atoms with van der Waals surface area (Å²) in [6.07, 6.45) is 0.223. The number of hydrogen-bond acceptors (Lipinski definition) is 3. The third-order valence-electron chi connectivity index (χ3n) is 2.64. The summed E-state index contributed by atoms with van der Waals surface area (Å²) in [5, 5.41) is 9.89. The summed E-state index contributed by atoms with van der Waals surface area (Å²) in [7, 11) is 0. The van der Waals surface area contributed by atoms with Crippen LogP contribution in [0.1, 0.15) is 25.8 Å². The lowest BCUT2D eigenvalue weighted by molar-refractivity contribution is -0.136. The first-order valence-electron chi connectivity index (χ1n) is 4.75. The molecule has 0 atom stereocenters. The third kappa shape index (κ3) is 1.64. The normalized spacial score (nSPS) is 17.9. The highest BCUT2D eigenvalue weighted by Gasteiger charge is 2.37. The lowest BCUT2D eigenvalue weighted by atomic mass is 9.79. The van der Waals surface area contributed by atoms with Crippen molar-refractivity contribution < 1.29 is 14.6 Å². The Balaban J connectivity index is 2.74. The molecule has 1 aromatic rings. The molecule has 0 unspecified atom stereocenters. The van der Waals surface area contributed by atoms with Gasteiger partial charge in [-0.05, 0) is 0 Å². The molecule has 0 saturated carbocycles. The van der Waals surface area contributed by atoms with Crippen molar-refractivity contribution >= 4 is 29.2 Å². The van der Waals surface area contributed by atoms with Crippen LogP contribution in [-0.2, 0) is 10.2 Å². The van der Waals surface area contributed by atoms with E-state index in [2.05, 4.69) is 0 Å². The van der Waals surface area contributed by atoms with Gasteiger partial charge in [0, 0.05) is 17.0 Å². The van der Waals surface area contributed by atoms with E-state index < -0.39 is 5.41 Å². The number of carbonyl (C=O) groups excluding carboxylic acids is 1. The number of carbonyl (C=O) groups is 1. The van der Waals surface area contributed by atoms with Crippen LogP contribution in [0, 0.1) is 0 Å². The van der Waals surface area contributed by atoms with E-state index in [4.69, 9.17) is 27.9 Å². The van der Waals surface area contributed by atoms with Gasteiger partial charge >= 0.3 is 5.97 Å². The fourth-order valence-electron chi connectivity index (χ4n) is 1.91. The molecule has 1 N–H and O–H groups in total. The van der Waals surface area contributed by atoms with E-state index in [1.165, 1.54) is 6.07 Å². The second-order valence-corrected chi connectivity index (χ2v) is 5.21. The van der Waals surface area contributed by atoms with Crippen LogP contribution in [0.2, 0.25) is 10.0 Å². The Bertz CT molecular complexity index is 481. The molecular formula is C11H10Cl2O3. The van der Waals surface area contributed by atoms with Crippen LogP contribution < -0.4 is 4.74 Å². The summed E-state index contributed by atoms with van der Waals surface area (Å²) in [5.41, 5.74) is 0.153. The number of benzene rings is 1. The molecule has 16 heavy (non-hydrogen) atoms. The van der Waals surface area contributed by atoms with E-state index in [-0.39, 0.29) is 28.2 Å². The third-order valence-corrected chi connectivity index (χ3v) is 3.30. The molecule has 0 amide bonds. The zero-order chi connectivity index (χ0) is 12.1. The number of rotatable bonds is 0. The monoisotopic (exact) mass is 260 g/mol. The van der Waals surface area contributed by atoms with Gasteiger partial charge in [0.2, 0.25) is 0 Å². The molecular weight excluding hydrogens is 251 g/mol. The van der Waals surface area contributed by atoms with Crippen LogP contribution >= 0.6 is 23.2 Å². The highest BCUT2D eigenvalue weighted by atomic mass is 35.5. The molecule has 1 aromatic carbocycles. The van der Waals surface area contributed by atoms with Gasteiger partial charge in [-0.1, -0.05) is 37.0 Å². The quantitative estimate of drug-likeness (QED) is 0.575. The second kappa shape index (κ2) is 3.54. The van der Waals surface area contributed by atoms with Gasteiger partial charge in [0.15, 0.2) is 5.75 Å². The van der Waals surface area contributed by atoms with Gasteiger partial charge in [0.1, 0.15) is 5.75 Å². The van der Waals surface area contributed by atoms with Gasteiger partial charge in [-0.3, -0.25) is 4.79 Å². The smallest absolute Gasteiger partial charge is 0.312 e. The maximum atomic E-state index is 11.4. The molecule has 1 aliphatic heterocycles. The van der Waals surface area contributed by atoms with Gasteiger partial charge in [0.25, 0.3) is 0 Å². The van der Waals surface area contributed by atoms with Crippen LogP contribution in [0.3, 0.4) is 0 Å². The number of phenols is 1. The molecule has 2 rings (SSSR count). The van der Waals surface area contributed by atoms with Crippen LogP contribution in [0.4, 0.5) is 0 Å². The topological polar surface area (TPSA) is 46.5 Å². The Morgan fingerprint density at radius 2 is 2.06 bits per heavy atom. The van der Waals surface area contributed by atoms with Crippen molar-refractivity contribution in [2.75, 3.05) is 0 Å². The summed E-state index contributed by atoms with van der Waals surface area (Å²) in [6.45, 7) is 3.73. The predicted octanol–water partition coefficient (Wildman–Crippen LogP) is 3.29. The van der Waals surface area contributed by atoms with Gasteiger partial charge in [-0.2, -0.15) is 0 Å². The molecule has 3 nitrogen and oxygen atoms in total. The molecule has 1 heterocycles. The van der Waals surface area contributed by atoms with Crippen molar-refractivity contribution in [1.29, 1.82) is 0 Å². The Morgan fingerprint density at radius 1 is 1.44 bits per heavy atom. The molecule has 1 aliphatic rings. The number of aromatic hydroxyl groups is 1. The van der Waals surface area contributed by atoms with E-state index in [1.54, 1.807) is 0 Å². The Kier molecular flexibility index (Phi) is 2.55. The zero-order valence-corrected chi connectivity index (χ0v) is 10.3. The molecule has 0 bridgehead atoms.